The van der Waals surface area contributed by atoms with Gasteiger partial charge >= 0.3 is 12.1 Å². The molecule has 0 amide bonds. The Bertz CT molecular complexity index is 770. The second kappa shape index (κ2) is 6.34. The third-order valence-corrected chi connectivity index (χ3v) is 3.96. The number of nitrogen functional groups attached to an aromatic ring is 1. The van der Waals surface area contributed by atoms with Crippen molar-refractivity contribution in [2.75, 3.05) is 12.8 Å². The molecule has 0 spiro atoms. The van der Waals surface area contributed by atoms with Crippen LogP contribution in [0.4, 0.5) is 27.6 Å². The summed E-state index contributed by atoms with van der Waals surface area (Å²) in [5.41, 5.74) is 5.97. The van der Waals surface area contributed by atoms with Crippen LogP contribution in [0.1, 0.15) is 21.8 Å². The summed E-state index contributed by atoms with van der Waals surface area (Å²) in [5, 5.41) is 4.22. The number of hydrogen-bond donors (Lipinski definition) is 1. The Labute approximate surface area is 137 Å². The van der Waals surface area contributed by atoms with E-state index < -0.39 is 17.8 Å². The highest BCUT2D eigenvalue weighted by Gasteiger charge is 2.60. The van der Waals surface area contributed by atoms with E-state index in [9.17, 15) is 22.0 Å². The Morgan fingerprint density at radius 3 is 2.46 bits per heavy atom. The summed E-state index contributed by atoms with van der Waals surface area (Å²) in [6.45, 7) is 1.72. The van der Waals surface area contributed by atoms with Gasteiger partial charge in [-0.3, -0.25) is 0 Å². The lowest BCUT2D eigenvalue weighted by atomic mass is 10.1. The average Bonchev–Trinajstić information content (AvgIpc) is 2.97. The number of aryl methyl sites for hydroxylation is 1. The van der Waals surface area contributed by atoms with Crippen molar-refractivity contribution < 1.29 is 26.8 Å². The monoisotopic (exact) mass is 365 g/mol. The van der Waals surface area contributed by atoms with E-state index in [1.54, 1.807) is 25.1 Å². The summed E-state index contributed by atoms with van der Waals surface area (Å²) in [4.78, 5) is 8.06. The van der Waals surface area contributed by atoms with Crippen LogP contribution in [0.15, 0.2) is 28.7 Å². The maximum Gasteiger partial charge on any atom is 0.459 e. The van der Waals surface area contributed by atoms with E-state index in [1.807, 2.05) is 0 Å². The molecule has 10 heteroatoms. The Morgan fingerprint density at radius 1 is 1.25 bits per heavy atom. The zero-order valence-electron chi connectivity index (χ0n) is 12.5. The summed E-state index contributed by atoms with van der Waals surface area (Å²) in [5.74, 6) is -5.04. The number of rotatable bonds is 4. The second-order valence-electron chi connectivity index (χ2n) is 4.80. The largest absolute Gasteiger partial charge is 0.459 e. The molecule has 0 unspecified atom stereocenters. The molecular weight excluding hydrogens is 353 g/mol. The molecule has 0 saturated carbocycles. The topological polar surface area (TPSA) is 60.5 Å². The highest BCUT2D eigenvalue weighted by Crippen LogP contribution is 2.44. The Hall–Kier alpha value is -2.23. The van der Waals surface area contributed by atoms with Crippen molar-refractivity contribution in [2.24, 2.45) is 5.16 Å². The number of halogens is 5. The normalized spacial score (nSPS) is 13.2. The molecule has 0 saturated heterocycles. The predicted octanol–water partition coefficient (Wildman–Crippen LogP) is 4.09. The van der Waals surface area contributed by atoms with Gasteiger partial charge in [0.2, 0.25) is 0 Å². The summed E-state index contributed by atoms with van der Waals surface area (Å²) in [6, 6.07) is 4.72. The lowest BCUT2D eigenvalue weighted by Gasteiger charge is -2.16. The Balaban J connectivity index is 2.48. The van der Waals surface area contributed by atoms with Crippen molar-refractivity contribution in [3.63, 3.8) is 0 Å². The van der Waals surface area contributed by atoms with E-state index >= 15 is 0 Å². The number of benzene rings is 1. The van der Waals surface area contributed by atoms with Crippen LogP contribution in [-0.2, 0) is 10.8 Å². The third-order valence-electron chi connectivity index (χ3n) is 3.11. The van der Waals surface area contributed by atoms with Gasteiger partial charge in [-0.15, -0.1) is 11.3 Å². The standard InChI is InChI=1S/C14H12F5N3OS/c1-7-5-8(3-4-9(7)20)11(22-23-2)12-21-10(6-24-12)13(15,16)14(17,18)19/h3-6H,20H2,1-2H3/b22-11+. The molecule has 0 radical (unpaired) electrons. The van der Waals surface area contributed by atoms with E-state index in [2.05, 4.69) is 15.0 Å². The number of hydrogen-bond acceptors (Lipinski definition) is 5. The van der Waals surface area contributed by atoms with E-state index in [0.29, 0.717) is 33.5 Å². The number of thiazole rings is 1. The van der Waals surface area contributed by atoms with Crippen LogP contribution in [0.5, 0.6) is 0 Å². The van der Waals surface area contributed by atoms with Crippen molar-refractivity contribution in [3.05, 3.63) is 45.4 Å². The SMILES string of the molecule is CO/N=C(\c1ccc(N)c(C)c1)c1nc(C(F)(F)C(F)(F)F)cs1. The third kappa shape index (κ3) is 3.32. The lowest BCUT2D eigenvalue weighted by Crippen LogP contribution is -2.34. The molecule has 0 aliphatic heterocycles. The molecule has 0 fully saturated rings. The Morgan fingerprint density at radius 2 is 1.92 bits per heavy atom. The van der Waals surface area contributed by atoms with Crippen LogP contribution in [0, 0.1) is 6.92 Å². The minimum absolute atomic E-state index is 0.0369. The maximum absolute atomic E-state index is 13.4. The van der Waals surface area contributed by atoms with Crippen molar-refractivity contribution in [2.45, 2.75) is 19.0 Å². The number of oxime groups is 1. The first-order valence-corrected chi connectivity index (χ1v) is 7.34. The average molecular weight is 365 g/mol. The van der Waals surface area contributed by atoms with E-state index in [-0.39, 0.29) is 10.7 Å². The highest BCUT2D eigenvalue weighted by molar-refractivity contribution is 7.12. The lowest BCUT2D eigenvalue weighted by molar-refractivity contribution is -0.290. The van der Waals surface area contributed by atoms with Crippen molar-refractivity contribution in [3.8, 4) is 0 Å². The summed E-state index contributed by atoms with van der Waals surface area (Å²) in [6.07, 6.45) is -5.73. The van der Waals surface area contributed by atoms with Crippen molar-refractivity contribution in [1.82, 2.24) is 4.98 Å². The van der Waals surface area contributed by atoms with Gasteiger partial charge in [-0.2, -0.15) is 22.0 Å². The fourth-order valence-corrected chi connectivity index (χ4v) is 2.64. The highest BCUT2D eigenvalue weighted by atomic mass is 32.1. The fourth-order valence-electron chi connectivity index (χ4n) is 1.80. The van der Waals surface area contributed by atoms with Crippen LogP contribution < -0.4 is 5.73 Å². The number of anilines is 1. The van der Waals surface area contributed by atoms with Crippen LogP contribution in [-0.4, -0.2) is 24.0 Å². The Kier molecular flexibility index (Phi) is 4.79. The molecule has 0 bridgehead atoms. The molecular formula is C14H12F5N3OS. The van der Waals surface area contributed by atoms with E-state index in [4.69, 9.17) is 5.73 Å². The van der Waals surface area contributed by atoms with Gasteiger partial charge in [-0.25, -0.2) is 4.98 Å². The first-order chi connectivity index (χ1) is 11.1. The molecule has 0 atom stereocenters. The fraction of sp³-hybridized carbons (Fsp3) is 0.286. The van der Waals surface area contributed by atoms with Gasteiger partial charge in [0.1, 0.15) is 23.5 Å². The first-order valence-electron chi connectivity index (χ1n) is 6.46. The number of aromatic nitrogens is 1. The molecule has 1 aromatic carbocycles. The molecule has 1 heterocycles. The molecule has 2 N–H and O–H groups in total. The van der Waals surface area contributed by atoms with Crippen molar-refractivity contribution >= 4 is 22.7 Å². The first kappa shape index (κ1) is 18.1. The van der Waals surface area contributed by atoms with E-state index in [1.165, 1.54) is 7.11 Å². The van der Waals surface area contributed by atoms with Gasteiger partial charge in [0.15, 0.2) is 0 Å². The molecule has 0 aliphatic carbocycles. The molecule has 24 heavy (non-hydrogen) atoms. The van der Waals surface area contributed by atoms with Crippen LogP contribution in [0.3, 0.4) is 0 Å². The molecule has 0 aliphatic rings. The summed E-state index contributed by atoms with van der Waals surface area (Å²) < 4.78 is 64.1. The number of alkyl halides is 5. The van der Waals surface area contributed by atoms with Gasteiger partial charge in [0.05, 0.1) is 0 Å². The van der Waals surface area contributed by atoms with Gasteiger partial charge in [0, 0.05) is 16.6 Å². The summed E-state index contributed by atoms with van der Waals surface area (Å²) >= 11 is 0.612. The van der Waals surface area contributed by atoms with Crippen molar-refractivity contribution in [1.29, 1.82) is 0 Å². The zero-order chi connectivity index (χ0) is 18.1. The smallest absolute Gasteiger partial charge is 0.399 e. The minimum Gasteiger partial charge on any atom is -0.399 e. The molecule has 2 rings (SSSR count). The predicted molar refractivity (Wildman–Crippen MR) is 80.3 cm³/mol. The van der Waals surface area contributed by atoms with E-state index in [0.717, 1.165) is 0 Å². The van der Waals surface area contributed by atoms with Crippen LogP contribution >= 0.6 is 11.3 Å². The molecule has 1 aromatic heterocycles. The molecule has 2 aromatic rings. The van der Waals surface area contributed by atoms with Crippen LogP contribution in [0.25, 0.3) is 0 Å². The maximum atomic E-state index is 13.4. The zero-order valence-corrected chi connectivity index (χ0v) is 13.3. The minimum atomic E-state index is -5.73. The van der Waals surface area contributed by atoms with Crippen LogP contribution in [0.2, 0.25) is 0 Å². The van der Waals surface area contributed by atoms with Gasteiger partial charge in [0.25, 0.3) is 0 Å². The second-order valence-corrected chi connectivity index (χ2v) is 5.66. The summed E-state index contributed by atoms with van der Waals surface area (Å²) in [7, 11) is 1.23. The van der Waals surface area contributed by atoms with Gasteiger partial charge in [-0.1, -0.05) is 11.2 Å². The molecule has 130 valence electrons. The quantitative estimate of drug-likeness (QED) is 0.384. The van der Waals surface area contributed by atoms with Gasteiger partial charge in [-0.05, 0) is 24.6 Å². The van der Waals surface area contributed by atoms with Gasteiger partial charge < -0.3 is 10.6 Å². The number of nitrogens with zero attached hydrogens (tertiary/aromatic N) is 2. The number of nitrogens with two attached hydrogens (primary N) is 1. The molecule has 4 nitrogen and oxygen atoms in total.